The van der Waals surface area contributed by atoms with Crippen LogP contribution in [0.25, 0.3) is 0 Å². The molecule has 182 valence electrons. The number of morpholine rings is 1. The summed E-state index contributed by atoms with van der Waals surface area (Å²) in [5.74, 6) is 1.47. The molecule has 0 atom stereocenters. The van der Waals surface area contributed by atoms with Crippen molar-refractivity contribution in [3.63, 3.8) is 0 Å². The van der Waals surface area contributed by atoms with Crippen molar-refractivity contribution in [3.8, 4) is 6.01 Å². The van der Waals surface area contributed by atoms with Gasteiger partial charge >= 0.3 is 6.01 Å². The highest BCUT2D eigenvalue weighted by atomic mass is 79.9. The summed E-state index contributed by atoms with van der Waals surface area (Å²) in [6.07, 6.45) is 4.29. The van der Waals surface area contributed by atoms with Crippen molar-refractivity contribution < 1.29 is 43.4 Å². The number of aromatic nitrogens is 3. The number of hydrogen-bond acceptors (Lipinski definition) is 8. The molecule has 0 radical (unpaired) electrons. The molecule has 1 aliphatic heterocycles. The number of aryl methyl sites for hydroxylation is 1. The Hall–Kier alpha value is -2.56. The third kappa shape index (κ3) is 8.03. The third-order valence-electron chi connectivity index (χ3n) is 5.08. The second kappa shape index (κ2) is 14.0. The van der Waals surface area contributed by atoms with E-state index in [1.807, 2.05) is 49.7 Å². The first-order valence-electron chi connectivity index (χ1n) is 10.8. The van der Waals surface area contributed by atoms with Crippen LogP contribution in [0.3, 0.4) is 0 Å². The lowest BCUT2D eigenvalue weighted by atomic mass is 10.2. The SMILES string of the molecule is Cc1cccc(/C=N/N(C)c2cc(N3CCOCC3)nc(OCCc3ccccn3)n2)c1.[Br-].[Br-]. The molecular formula is C24H28Br2N6O2-2. The summed E-state index contributed by atoms with van der Waals surface area (Å²) < 4.78 is 11.4. The Bertz CT molecular complexity index is 1050. The molecule has 8 nitrogen and oxygen atoms in total. The molecule has 0 bridgehead atoms. The number of hydrogen-bond donors (Lipinski definition) is 0. The van der Waals surface area contributed by atoms with Crippen LogP contribution in [0.5, 0.6) is 6.01 Å². The predicted molar refractivity (Wildman–Crippen MR) is 126 cm³/mol. The fraction of sp³-hybridized carbons (Fsp3) is 0.333. The summed E-state index contributed by atoms with van der Waals surface area (Å²) in [7, 11) is 1.87. The van der Waals surface area contributed by atoms with Gasteiger partial charge in [0.15, 0.2) is 5.82 Å². The van der Waals surface area contributed by atoms with Gasteiger partial charge in [-0.1, -0.05) is 35.9 Å². The summed E-state index contributed by atoms with van der Waals surface area (Å²) in [4.78, 5) is 15.7. The van der Waals surface area contributed by atoms with Gasteiger partial charge in [0, 0.05) is 44.5 Å². The van der Waals surface area contributed by atoms with Gasteiger partial charge in [0.2, 0.25) is 0 Å². The van der Waals surface area contributed by atoms with E-state index >= 15 is 0 Å². The van der Waals surface area contributed by atoms with Gasteiger partial charge in [-0.25, -0.2) is 0 Å². The van der Waals surface area contributed by atoms with Gasteiger partial charge < -0.3 is 48.3 Å². The molecule has 0 spiro atoms. The fourth-order valence-corrected chi connectivity index (χ4v) is 3.34. The minimum absolute atomic E-state index is 0. The molecule has 4 rings (SSSR count). The molecule has 10 heteroatoms. The van der Waals surface area contributed by atoms with Crippen LogP contribution in [0, 0.1) is 6.92 Å². The molecule has 0 aliphatic carbocycles. The van der Waals surface area contributed by atoms with Gasteiger partial charge in [-0.3, -0.25) is 9.99 Å². The van der Waals surface area contributed by atoms with E-state index in [9.17, 15) is 0 Å². The molecular weight excluding hydrogens is 564 g/mol. The Morgan fingerprint density at radius 2 is 1.91 bits per heavy atom. The molecule has 3 aromatic rings. The molecule has 1 fully saturated rings. The van der Waals surface area contributed by atoms with Crippen LogP contribution >= 0.6 is 0 Å². The van der Waals surface area contributed by atoms with Crippen molar-refractivity contribution in [2.75, 3.05) is 49.9 Å². The van der Waals surface area contributed by atoms with E-state index in [1.165, 1.54) is 5.56 Å². The molecule has 1 saturated heterocycles. The Labute approximate surface area is 221 Å². The normalized spacial score (nSPS) is 13.2. The molecule has 34 heavy (non-hydrogen) atoms. The van der Waals surface area contributed by atoms with Gasteiger partial charge in [-0.2, -0.15) is 15.1 Å². The zero-order valence-corrected chi connectivity index (χ0v) is 22.4. The Morgan fingerprint density at radius 1 is 1.09 bits per heavy atom. The molecule has 0 saturated carbocycles. The number of pyridine rings is 1. The minimum Gasteiger partial charge on any atom is -1.00 e. The molecule has 2 aromatic heterocycles. The lowest BCUT2D eigenvalue weighted by molar-refractivity contribution is -0.00100. The van der Waals surface area contributed by atoms with Crippen LogP contribution in [-0.2, 0) is 11.2 Å². The van der Waals surface area contributed by atoms with Crippen molar-refractivity contribution in [3.05, 3.63) is 71.5 Å². The third-order valence-corrected chi connectivity index (χ3v) is 5.08. The summed E-state index contributed by atoms with van der Waals surface area (Å²) in [5.41, 5.74) is 3.19. The number of ether oxygens (including phenoxy) is 2. The Kier molecular flexibility index (Phi) is 11.4. The summed E-state index contributed by atoms with van der Waals surface area (Å²) in [6.45, 7) is 5.42. The second-order valence-corrected chi connectivity index (χ2v) is 7.57. The first-order valence-corrected chi connectivity index (χ1v) is 10.8. The van der Waals surface area contributed by atoms with Gasteiger partial charge in [-0.05, 0) is 24.6 Å². The number of hydrazone groups is 1. The molecule has 0 unspecified atom stereocenters. The molecule has 3 heterocycles. The smallest absolute Gasteiger partial charge is 0.320 e. The van der Waals surface area contributed by atoms with Gasteiger partial charge in [0.25, 0.3) is 0 Å². The van der Waals surface area contributed by atoms with E-state index in [0.717, 1.165) is 30.2 Å². The largest absolute Gasteiger partial charge is 1.00 e. The van der Waals surface area contributed by atoms with Crippen LogP contribution in [-0.4, -0.2) is 61.1 Å². The predicted octanol–water partition coefficient (Wildman–Crippen LogP) is -2.88. The van der Waals surface area contributed by atoms with Crippen LogP contribution in [0.15, 0.2) is 59.8 Å². The molecule has 1 aliphatic rings. The maximum absolute atomic E-state index is 5.91. The fourth-order valence-electron chi connectivity index (χ4n) is 3.34. The number of anilines is 2. The van der Waals surface area contributed by atoms with Crippen molar-refractivity contribution >= 4 is 17.9 Å². The van der Waals surface area contributed by atoms with Crippen molar-refractivity contribution in [2.24, 2.45) is 5.10 Å². The zero-order chi connectivity index (χ0) is 22.2. The van der Waals surface area contributed by atoms with E-state index in [4.69, 9.17) is 9.47 Å². The average molecular weight is 592 g/mol. The van der Waals surface area contributed by atoms with E-state index in [2.05, 4.69) is 44.0 Å². The Morgan fingerprint density at radius 3 is 2.65 bits per heavy atom. The molecule has 1 aromatic carbocycles. The minimum atomic E-state index is 0. The second-order valence-electron chi connectivity index (χ2n) is 7.57. The number of nitrogens with zero attached hydrogens (tertiary/aromatic N) is 6. The highest BCUT2D eigenvalue weighted by Gasteiger charge is 2.17. The summed E-state index contributed by atoms with van der Waals surface area (Å²) >= 11 is 0. The molecule has 0 N–H and O–H groups in total. The van der Waals surface area contributed by atoms with E-state index in [1.54, 1.807) is 11.2 Å². The quantitative estimate of drug-likeness (QED) is 0.206. The number of halogens is 2. The first kappa shape index (κ1) is 27.7. The van der Waals surface area contributed by atoms with Gasteiger partial charge in [0.05, 0.1) is 26.0 Å². The number of benzene rings is 1. The Balaban J connectivity index is 0.00000204. The topological polar surface area (TPSA) is 76.0 Å². The van der Waals surface area contributed by atoms with Crippen LogP contribution < -0.4 is 48.6 Å². The maximum Gasteiger partial charge on any atom is 0.320 e. The number of rotatable bonds is 8. The van der Waals surface area contributed by atoms with Crippen LogP contribution in [0.1, 0.15) is 16.8 Å². The zero-order valence-electron chi connectivity index (χ0n) is 19.3. The lowest BCUT2D eigenvalue weighted by Gasteiger charge is -2.28. The maximum atomic E-state index is 5.91. The lowest BCUT2D eigenvalue weighted by Crippen LogP contribution is -3.00. The molecule has 0 amide bonds. The monoisotopic (exact) mass is 590 g/mol. The van der Waals surface area contributed by atoms with E-state index < -0.39 is 0 Å². The average Bonchev–Trinajstić information content (AvgIpc) is 2.84. The van der Waals surface area contributed by atoms with Crippen molar-refractivity contribution in [1.29, 1.82) is 0 Å². The van der Waals surface area contributed by atoms with Crippen LogP contribution in [0.2, 0.25) is 0 Å². The van der Waals surface area contributed by atoms with E-state index in [-0.39, 0.29) is 34.0 Å². The van der Waals surface area contributed by atoms with E-state index in [0.29, 0.717) is 38.1 Å². The summed E-state index contributed by atoms with van der Waals surface area (Å²) in [6, 6.07) is 16.3. The van der Waals surface area contributed by atoms with Crippen molar-refractivity contribution in [2.45, 2.75) is 13.3 Å². The van der Waals surface area contributed by atoms with Gasteiger partial charge in [-0.15, -0.1) is 0 Å². The van der Waals surface area contributed by atoms with Gasteiger partial charge in [0.1, 0.15) is 5.82 Å². The van der Waals surface area contributed by atoms with Crippen LogP contribution in [0.4, 0.5) is 11.6 Å². The summed E-state index contributed by atoms with van der Waals surface area (Å²) in [5, 5.41) is 6.31. The standard InChI is InChI=1S/C24H28N6O2.2BrH/c1-19-6-5-7-20(16-19)18-26-29(2)22-17-23(30-11-14-31-15-12-30)28-24(27-22)32-13-9-21-8-3-4-10-25-21;;/h3-8,10,16-18H,9,11-15H2,1-2H3;2*1H/p-2/b26-18+;;. The first-order chi connectivity index (χ1) is 15.7. The highest BCUT2D eigenvalue weighted by molar-refractivity contribution is 5.80. The van der Waals surface area contributed by atoms with Crippen molar-refractivity contribution in [1.82, 2.24) is 15.0 Å². The highest BCUT2D eigenvalue weighted by Crippen LogP contribution is 2.23.